The number of nitrogens with two attached hydrogens (primary N) is 1. The number of hydrogen-bond acceptors (Lipinski definition) is 6. The molecule has 0 fully saturated rings. The van der Waals surface area contributed by atoms with Gasteiger partial charge in [0, 0.05) is 5.56 Å². The molecule has 4 rings (SSSR count). The third-order valence-electron chi connectivity index (χ3n) is 4.59. The summed E-state index contributed by atoms with van der Waals surface area (Å²) in [7, 11) is 0. The van der Waals surface area contributed by atoms with Crippen molar-refractivity contribution in [3.63, 3.8) is 0 Å². The van der Waals surface area contributed by atoms with Gasteiger partial charge in [-0.1, -0.05) is 42.5 Å². The second kappa shape index (κ2) is 8.08. The molecule has 0 saturated carbocycles. The van der Waals surface area contributed by atoms with Crippen LogP contribution in [0, 0.1) is 13.8 Å². The van der Waals surface area contributed by atoms with Crippen molar-refractivity contribution in [3.8, 4) is 11.6 Å². The minimum absolute atomic E-state index is 0.190. The number of amides is 1. The molecule has 0 spiro atoms. The summed E-state index contributed by atoms with van der Waals surface area (Å²) in [5, 5.41) is 1.84. The Labute approximate surface area is 173 Å². The summed E-state index contributed by atoms with van der Waals surface area (Å²) in [5.41, 5.74) is 14.4. The number of nitrogens with zero attached hydrogens (tertiary/aromatic N) is 2. The fourth-order valence-electron chi connectivity index (χ4n) is 3.27. The third kappa shape index (κ3) is 4.00. The number of aromatic nitrogens is 2. The van der Waals surface area contributed by atoms with Gasteiger partial charge in [0.05, 0.1) is 0 Å². The van der Waals surface area contributed by atoms with Crippen molar-refractivity contribution in [2.75, 3.05) is 11.2 Å². The monoisotopic (exact) mass is 399 g/mol. The van der Waals surface area contributed by atoms with E-state index in [-0.39, 0.29) is 23.3 Å². The highest BCUT2D eigenvalue weighted by Crippen LogP contribution is 2.30. The molecule has 1 aromatic heterocycles. The summed E-state index contributed by atoms with van der Waals surface area (Å²) in [5.74, 6) is 0.778. The predicted octanol–water partition coefficient (Wildman–Crippen LogP) is 4.38. The van der Waals surface area contributed by atoms with Gasteiger partial charge in [0.25, 0.3) is 5.91 Å². The molecule has 150 valence electrons. The van der Waals surface area contributed by atoms with Crippen LogP contribution in [0.2, 0.25) is 0 Å². The van der Waals surface area contributed by atoms with E-state index in [9.17, 15) is 4.79 Å². The highest BCUT2D eigenvalue weighted by molar-refractivity contribution is 6.07. The van der Waals surface area contributed by atoms with Crippen molar-refractivity contribution in [2.24, 2.45) is 0 Å². The van der Waals surface area contributed by atoms with E-state index in [1.54, 1.807) is 6.07 Å². The first-order valence-corrected chi connectivity index (χ1v) is 9.42. The molecule has 1 heterocycles. The third-order valence-corrected chi connectivity index (χ3v) is 4.59. The zero-order chi connectivity index (χ0) is 21.1. The number of aryl methyl sites for hydroxylation is 2. The van der Waals surface area contributed by atoms with Crippen LogP contribution in [-0.4, -0.2) is 15.9 Å². The largest absolute Gasteiger partial charge is 0.437 e. The zero-order valence-corrected chi connectivity index (χ0v) is 16.6. The summed E-state index contributed by atoms with van der Waals surface area (Å²) in [6.45, 7) is 3.97. The topological polar surface area (TPSA) is 102 Å². The van der Waals surface area contributed by atoms with Crippen molar-refractivity contribution in [3.05, 3.63) is 83.7 Å². The van der Waals surface area contributed by atoms with Gasteiger partial charge in [0.2, 0.25) is 5.88 Å². The van der Waals surface area contributed by atoms with Crippen LogP contribution in [0.5, 0.6) is 11.6 Å². The van der Waals surface area contributed by atoms with Crippen molar-refractivity contribution in [1.29, 1.82) is 0 Å². The molecular formula is C23H21N5O2. The Morgan fingerprint density at radius 2 is 1.70 bits per heavy atom. The lowest BCUT2D eigenvalue weighted by Gasteiger charge is -2.13. The van der Waals surface area contributed by atoms with E-state index >= 15 is 0 Å². The average Bonchev–Trinajstić information content (AvgIpc) is 2.73. The fraction of sp³-hybridized carbons (Fsp3) is 0.0870. The van der Waals surface area contributed by atoms with Crippen LogP contribution in [0.15, 0.2) is 67.0 Å². The number of hydrogen-bond donors (Lipinski definition) is 3. The minimum Gasteiger partial charge on any atom is -0.437 e. The van der Waals surface area contributed by atoms with Gasteiger partial charge in [0.15, 0.2) is 5.82 Å². The summed E-state index contributed by atoms with van der Waals surface area (Å²) in [4.78, 5) is 20.9. The number of benzene rings is 3. The van der Waals surface area contributed by atoms with E-state index in [1.165, 1.54) is 6.33 Å². The van der Waals surface area contributed by atoms with E-state index < -0.39 is 0 Å². The number of rotatable bonds is 5. The maximum Gasteiger partial charge on any atom is 0.270 e. The molecule has 0 saturated heterocycles. The Hall–Kier alpha value is -4.13. The first-order chi connectivity index (χ1) is 14.5. The summed E-state index contributed by atoms with van der Waals surface area (Å²) in [6, 6.07) is 19.1. The standard InChI is InChI=1S/C23H21N5O2/c1-14-10-15(2)12-17(11-14)30-23-20(24)21(25-13-26-23)27-28-22(29)19-9-5-7-16-6-3-4-8-18(16)19/h3-13H,24H2,1-2H3,(H,28,29)(H,25,26,27). The van der Waals surface area contributed by atoms with Gasteiger partial charge >= 0.3 is 0 Å². The van der Waals surface area contributed by atoms with Gasteiger partial charge in [0.1, 0.15) is 17.8 Å². The van der Waals surface area contributed by atoms with Crippen LogP contribution < -0.4 is 21.3 Å². The van der Waals surface area contributed by atoms with E-state index in [1.807, 2.05) is 68.4 Å². The maximum atomic E-state index is 12.7. The lowest BCUT2D eigenvalue weighted by Crippen LogP contribution is -2.30. The molecule has 0 aliphatic rings. The zero-order valence-electron chi connectivity index (χ0n) is 16.6. The normalized spacial score (nSPS) is 10.6. The predicted molar refractivity (Wildman–Crippen MR) is 117 cm³/mol. The van der Waals surface area contributed by atoms with Crippen molar-refractivity contribution >= 4 is 28.2 Å². The van der Waals surface area contributed by atoms with Gasteiger partial charge in [-0.25, -0.2) is 4.98 Å². The molecule has 30 heavy (non-hydrogen) atoms. The van der Waals surface area contributed by atoms with Crippen molar-refractivity contribution in [2.45, 2.75) is 13.8 Å². The van der Waals surface area contributed by atoms with Gasteiger partial charge in [-0.2, -0.15) is 4.98 Å². The van der Waals surface area contributed by atoms with Crippen LogP contribution in [0.3, 0.4) is 0 Å². The second-order valence-electron chi connectivity index (χ2n) is 6.97. The fourth-order valence-corrected chi connectivity index (χ4v) is 3.27. The molecule has 7 nitrogen and oxygen atoms in total. The smallest absolute Gasteiger partial charge is 0.270 e. The number of carbonyl (C=O) groups excluding carboxylic acids is 1. The Morgan fingerprint density at radius 3 is 2.50 bits per heavy atom. The summed E-state index contributed by atoms with van der Waals surface area (Å²) in [6.07, 6.45) is 1.32. The van der Waals surface area contributed by atoms with Crippen LogP contribution in [0.1, 0.15) is 21.5 Å². The lowest BCUT2D eigenvalue weighted by molar-refractivity contribution is 0.0964. The maximum absolute atomic E-state index is 12.7. The van der Waals surface area contributed by atoms with Crippen LogP contribution in [0.25, 0.3) is 10.8 Å². The Bertz CT molecular complexity index is 1210. The number of ether oxygens (including phenoxy) is 1. The molecule has 0 unspecified atom stereocenters. The number of hydrazine groups is 1. The highest BCUT2D eigenvalue weighted by Gasteiger charge is 2.13. The number of fused-ring (bicyclic) bond motifs is 1. The number of nitrogens with one attached hydrogen (secondary N) is 2. The van der Waals surface area contributed by atoms with Crippen LogP contribution in [-0.2, 0) is 0 Å². The molecule has 0 aliphatic carbocycles. The van der Waals surface area contributed by atoms with Gasteiger partial charge in [-0.15, -0.1) is 0 Å². The molecule has 0 aliphatic heterocycles. The summed E-state index contributed by atoms with van der Waals surface area (Å²) >= 11 is 0. The van der Waals surface area contributed by atoms with Crippen LogP contribution in [0.4, 0.5) is 11.5 Å². The van der Waals surface area contributed by atoms with Gasteiger partial charge in [-0.05, 0) is 53.9 Å². The second-order valence-corrected chi connectivity index (χ2v) is 6.97. The van der Waals surface area contributed by atoms with Gasteiger partial charge in [-0.3, -0.25) is 15.6 Å². The van der Waals surface area contributed by atoms with Crippen LogP contribution >= 0.6 is 0 Å². The van der Waals surface area contributed by atoms with E-state index in [0.717, 1.165) is 21.9 Å². The number of anilines is 2. The highest BCUT2D eigenvalue weighted by atomic mass is 16.5. The van der Waals surface area contributed by atoms with Crippen molar-refractivity contribution in [1.82, 2.24) is 15.4 Å². The average molecular weight is 399 g/mol. The Morgan fingerprint density at radius 1 is 0.967 bits per heavy atom. The SMILES string of the molecule is Cc1cc(C)cc(Oc2ncnc(NNC(=O)c3cccc4ccccc34)c2N)c1. The molecule has 0 bridgehead atoms. The molecule has 4 N–H and O–H groups in total. The molecular weight excluding hydrogens is 378 g/mol. The molecule has 1 amide bonds. The molecule has 3 aromatic carbocycles. The van der Waals surface area contributed by atoms with E-state index in [2.05, 4.69) is 20.8 Å². The minimum atomic E-state index is -0.304. The molecule has 0 atom stereocenters. The quantitative estimate of drug-likeness (QED) is 0.431. The molecule has 0 radical (unpaired) electrons. The van der Waals surface area contributed by atoms with Crippen molar-refractivity contribution < 1.29 is 9.53 Å². The number of carbonyl (C=O) groups is 1. The summed E-state index contributed by atoms with van der Waals surface area (Å²) < 4.78 is 5.83. The first-order valence-electron chi connectivity index (χ1n) is 9.42. The van der Waals surface area contributed by atoms with Gasteiger partial charge < -0.3 is 10.5 Å². The Kier molecular flexibility index (Phi) is 5.17. The first kappa shape index (κ1) is 19.2. The number of nitrogen functional groups attached to an aromatic ring is 1. The molecule has 4 aromatic rings. The molecule has 7 heteroatoms. The lowest BCUT2D eigenvalue weighted by atomic mass is 10.0. The van der Waals surface area contributed by atoms with E-state index in [4.69, 9.17) is 10.5 Å². The van der Waals surface area contributed by atoms with E-state index in [0.29, 0.717) is 11.3 Å². The Balaban J connectivity index is 1.52.